The van der Waals surface area contributed by atoms with E-state index in [9.17, 15) is 15.2 Å². The van der Waals surface area contributed by atoms with Gasteiger partial charge < -0.3 is 10.1 Å². The SMILES string of the molecule is O=[N+]([O-])c1cccc2c3c([nH]c12)C[C@]1(c2cccc(O)c2)CCN(Cc2ccccc2)CC1C3. The van der Waals surface area contributed by atoms with Gasteiger partial charge in [-0.15, -0.1) is 0 Å². The van der Waals surface area contributed by atoms with Crippen molar-refractivity contribution in [3.8, 4) is 5.75 Å². The standard InChI is InChI=1S/C28H27N3O3/c32-22-9-4-8-20(14-22)28-12-13-30(17-19-6-2-1-3-7-19)18-21(28)15-24-23-10-5-11-26(31(33)34)27(23)29-25(24)16-28/h1-11,14,21,29,32H,12-13,15-18H2/t21?,28-/m0/s1. The number of likely N-dealkylation sites (tertiary alicyclic amines) is 1. The molecule has 6 nitrogen and oxygen atoms in total. The first-order valence-electron chi connectivity index (χ1n) is 11.9. The zero-order valence-electron chi connectivity index (χ0n) is 18.9. The van der Waals surface area contributed by atoms with Crippen LogP contribution < -0.4 is 0 Å². The number of non-ortho nitro benzene ring substituents is 1. The summed E-state index contributed by atoms with van der Waals surface area (Å²) in [5.41, 5.74) is 5.42. The van der Waals surface area contributed by atoms with Gasteiger partial charge in [-0.05, 0) is 60.5 Å². The van der Waals surface area contributed by atoms with Gasteiger partial charge >= 0.3 is 0 Å². The van der Waals surface area contributed by atoms with Gasteiger partial charge in [0.05, 0.1) is 4.92 Å². The minimum Gasteiger partial charge on any atom is -0.508 e. The summed E-state index contributed by atoms with van der Waals surface area (Å²) >= 11 is 0. The quantitative estimate of drug-likeness (QED) is 0.323. The average Bonchev–Trinajstić information content (AvgIpc) is 3.20. The van der Waals surface area contributed by atoms with E-state index in [2.05, 4.69) is 40.2 Å². The molecule has 1 aliphatic carbocycles. The van der Waals surface area contributed by atoms with Crippen molar-refractivity contribution in [3.05, 3.63) is 105 Å². The summed E-state index contributed by atoms with van der Waals surface area (Å²) < 4.78 is 0. The molecule has 0 amide bonds. The number of hydrogen-bond donors (Lipinski definition) is 2. The first-order chi connectivity index (χ1) is 16.5. The second kappa shape index (κ2) is 7.99. The summed E-state index contributed by atoms with van der Waals surface area (Å²) in [7, 11) is 0. The van der Waals surface area contributed by atoms with E-state index in [1.807, 2.05) is 24.3 Å². The molecule has 2 heterocycles. The zero-order valence-corrected chi connectivity index (χ0v) is 18.9. The molecule has 6 heteroatoms. The number of piperidine rings is 1. The normalized spacial score (nSPS) is 22.3. The third-order valence-corrected chi connectivity index (χ3v) is 7.95. The van der Waals surface area contributed by atoms with E-state index in [1.54, 1.807) is 18.2 Å². The second-order valence-corrected chi connectivity index (χ2v) is 9.79. The highest BCUT2D eigenvalue weighted by molar-refractivity contribution is 5.92. The Bertz CT molecular complexity index is 1380. The largest absolute Gasteiger partial charge is 0.508 e. The molecule has 1 saturated heterocycles. The summed E-state index contributed by atoms with van der Waals surface area (Å²) in [5.74, 6) is 0.632. The Morgan fingerprint density at radius 2 is 1.91 bits per heavy atom. The van der Waals surface area contributed by atoms with E-state index in [0.29, 0.717) is 11.4 Å². The van der Waals surface area contributed by atoms with Gasteiger partial charge in [-0.25, -0.2) is 0 Å². The number of phenols is 1. The molecule has 4 aromatic rings. The molecule has 0 radical (unpaired) electrons. The Balaban J connectivity index is 1.43. The highest BCUT2D eigenvalue weighted by Crippen LogP contribution is 2.50. The van der Waals surface area contributed by atoms with Gasteiger partial charge in [0.2, 0.25) is 0 Å². The van der Waals surface area contributed by atoms with Crippen molar-refractivity contribution >= 4 is 16.6 Å². The molecule has 1 fully saturated rings. The number of phenolic OH excluding ortho intramolecular Hbond substituents is 1. The monoisotopic (exact) mass is 453 g/mol. The number of aromatic amines is 1. The van der Waals surface area contributed by atoms with Crippen molar-refractivity contribution in [1.29, 1.82) is 0 Å². The minimum absolute atomic E-state index is 0.116. The number of aromatic nitrogens is 1. The number of hydrogen-bond acceptors (Lipinski definition) is 4. The molecule has 34 heavy (non-hydrogen) atoms. The van der Waals surface area contributed by atoms with Crippen LogP contribution in [0.1, 0.15) is 28.8 Å². The van der Waals surface area contributed by atoms with E-state index in [-0.39, 0.29) is 21.8 Å². The lowest BCUT2D eigenvalue weighted by Gasteiger charge is -2.51. The lowest BCUT2D eigenvalue weighted by molar-refractivity contribution is -0.383. The smallest absolute Gasteiger partial charge is 0.293 e. The van der Waals surface area contributed by atoms with Crippen LogP contribution in [0.5, 0.6) is 5.75 Å². The summed E-state index contributed by atoms with van der Waals surface area (Å²) in [5, 5.41) is 22.9. The molecule has 1 unspecified atom stereocenters. The summed E-state index contributed by atoms with van der Waals surface area (Å²) in [6.07, 6.45) is 2.63. The molecule has 0 spiro atoms. The molecule has 0 bridgehead atoms. The fraction of sp³-hybridized carbons (Fsp3) is 0.286. The number of aromatic hydroxyl groups is 1. The van der Waals surface area contributed by atoms with Crippen molar-refractivity contribution in [2.45, 2.75) is 31.2 Å². The van der Waals surface area contributed by atoms with Crippen molar-refractivity contribution < 1.29 is 10.0 Å². The highest BCUT2D eigenvalue weighted by atomic mass is 16.6. The average molecular weight is 454 g/mol. The highest BCUT2D eigenvalue weighted by Gasteiger charge is 2.48. The third kappa shape index (κ3) is 3.37. The van der Waals surface area contributed by atoms with Crippen molar-refractivity contribution in [3.63, 3.8) is 0 Å². The van der Waals surface area contributed by atoms with Gasteiger partial charge in [0.1, 0.15) is 11.3 Å². The van der Waals surface area contributed by atoms with E-state index in [0.717, 1.165) is 55.5 Å². The number of nitro benzene ring substituents is 1. The number of fused-ring (bicyclic) bond motifs is 4. The number of para-hydroxylation sites is 1. The van der Waals surface area contributed by atoms with Crippen molar-refractivity contribution in [1.82, 2.24) is 9.88 Å². The Kier molecular flexibility index (Phi) is 4.92. The molecular formula is C28H27N3O3. The lowest BCUT2D eigenvalue weighted by atomic mass is 9.58. The van der Waals surface area contributed by atoms with E-state index < -0.39 is 0 Å². The predicted octanol–water partition coefficient (Wildman–Crippen LogP) is 5.34. The van der Waals surface area contributed by atoms with Gasteiger partial charge in [0.15, 0.2) is 0 Å². The fourth-order valence-electron chi connectivity index (χ4n) is 6.32. The van der Waals surface area contributed by atoms with E-state index >= 15 is 0 Å². The molecule has 2 N–H and O–H groups in total. The third-order valence-electron chi connectivity index (χ3n) is 7.95. The predicted molar refractivity (Wildman–Crippen MR) is 132 cm³/mol. The Labute approximate surface area is 198 Å². The zero-order chi connectivity index (χ0) is 23.3. The van der Waals surface area contributed by atoms with Crippen LogP contribution in [0.2, 0.25) is 0 Å². The number of rotatable bonds is 4. The molecule has 2 atom stereocenters. The van der Waals surface area contributed by atoms with Crippen LogP contribution in [-0.4, -0.2) is 33.0 Å². The second-order valence-electron chi connectivity index (χ2n) is 9.79. The van der Waals surface area contributed by atoms with Crippen LogP contribution in [0.15, 0.2) is 72.8 Å². The van der Waals surface area contributed by atoms with Gasteiger partial charge in [0, 0.05) is 35.7 Å². The molecule has 1 aromatic heterocycles. The summed E-state index contributed by atoms with van der Waals surface area (Å²) in [6, 6.07) is 23.6. The maximum atomic E-state index is 11.7. The van der Waals surface area contributed by atoms with Crippen LogP contribution in [0.4, 0.5) is 5.69 Å². The maximum Gasteiger partial charge on any atom is 0.293 e. The molecular weight excluding hydrogens is 426 g/mol. The number of nitrogens with zero attached hydrogens (tertiary/aromatic N) is 2. The lowest BCUT2D eigenvalue weighted by Crippen LogP contribution is -2.53. The Hall–Kier alpha value is -3.64. The molecule has 3 aromatic carbocycles. The molecule has 172 valence electrons. The molecule has 0 saturated carbocycles. The van der Waals surface area contributed by atoms with Crippen LogP contribution in [0.3, 0.4) is 0 Å². The number of nitro groups is 1. The fourth-order valence-corrected chi connectivity index (χ4v) is 6.32. The van der Waals surface area contributed by atoms with E-state index in [1.165, 1.54) is 11.1 Å². The van der Waals surface area contributed by atoms with Crippen LogP contribution in [-0.2, 0) is 24.8 Å². The first-order valence-corrected chi connectivity index (χ1v) is 11.9. The number of nitrogens with one attached hydrogen (secondary N) is 1. The van der Waals surface area contributed by atoms with Crippen LogP contribution >= 0.6 is 0 Å². The van der Waals surface area contributed by atoms with E-state index in [4.69, 9.17) is 0 Å². The summed E-state index contributed by atoms with van der Waals surface area (Å²) in [6.45, 7) is 2.84. The molecule has 2 aliphatic rings. The van der Waals surface area contributed by atoms with Gasteiger partial charge in [-0.1, -0.05) is 54.6 Å². The van der Waals surface area contributed by atoms with Gasteiger partial charge in [-0.3, -0.25) is 15.0 Å². The topological polar surface area (TPSA) is 82.4 Å². The minimum atomic E-state index is -0.302. The maximum absolute atomic E-state index is 11.7. The van der Waals surface area contributed by atoms with Crippen molar-refractivity contribution in [2.24, 2.45) is 5.92 Å². The van der Waals surface area contributed by atoms with Crippen molar-refractivity contribution in [2.75, 3.05) is 13.1 Å². The van der Waals surface area contributed by atoms with Gasteiger partial charge in [-0.2, -0.15) is 0 Å². The van der Waals surface area contributed by atoms with Crippen LogP contribution in [0, 0.1) is 16.0 Å². The molecule has 6 rings (SSSR count). The number of H-pyrrole nitrogens is 1. The summed E-state index contributed by atoms with van der Waals surface area (Å²) in [4.78, 5) is 17.3. The Morgan fingerprint density at radius 1 is 1.09 bits per heavy atom. The first kappa shape index (κ1) is 20.9. The van der Waals surface area contributed by atoms with Crippen LogP contribution in [0.25, 0.3) is 10.9 Å². The Morgan fingerprint density at radius 3 is 2.71 bits per heavy atom. The van der Waals surface area contributed by atoms with Gasteiger partial charge in [0.25, 0.3) is 5.69 Å². The molecule has 1 aliphatic heterocycles. The number of benzene rings is 3.